The molecule has 28 heavy (non-hydrogen) atoms. The average Bonchev–Trinajstić information content (AvgIpc) is 3.11. The Morgan fingerprint density at radius 2 is 1.50 bits per heavy atom. The van der Waals surface area contributed by atoms with Crippen molar-refractivity contribution in [1.29, 1.82) is 0 Å². The molecule has 144 valence electrons. The van der Waals surface area contributed by atoms with Gasteiger partial charge >= 0.3 is 5.97 Å². The van der Waals surface area contributed by atoms with E-state index in [0.717, 1.165) is 16.7 Å². The Morgan fingerprint density at radius 1 is 0.964 bits per heavy atom. The molecule has 3 rings (SSSR count). The fourth-order valence-corrected chi connectivity index (χ4v) is 4.05. The molecule has 0 spiro atoms. The SMILES string of the molecule is C#CC(COC(=O)C1C(C)(C)C1(C)C)=C(Cc1ccccc1)c1ccccc1. The summed E-state index contributed by atoms with van der Waals surface area (Å²) in [5.41, 5.74) is 3.88. The average molecular weight is 373 g/mol. The summed E-state index contributed by atoms with van der Waals surface area (Å²) < 4.78 is 5.69. The Labute approximate surface area is 168 Å². The van der Waals surface area contributed by atoms with Gasteiger partial charge in [-0.1, -0.05) is 94.3 Å². The Balaban J connectivity index is 1.85. The fraction of sp³-hybridized carbons (Fsp3) is 0.346. The molecule has 1 fully saturated rings. The molecule has 0 bridgehead atoms. The Bertz CT molecular complexity index is 898. The number of terminal acetylenes is 1. The molecule has 0 heterocycles. The molecule has 2 heteroatoms. The van der Waals surface area contributed by atoms with Crippen LogP contribution in [0.15, 0.2) is 66.2 Å². The zero-order valence-electron chi connectivity index (χ0n) is 17.2. The minimum atomic E-state index is -0.158. The van der Waals surface area contributed by atoms with Crippen LogP contribution in [0.3, 0.4) is 0 Å². The summed E-state index contributed by atoms with van der Waals surface area (Å²) in [6.07, 6.45) is 6.55. The number of carbonyl (C=O) groups is 1. The monoisotopic (exact) mass is 372 g/mol. The number of ether oxygens (including phenoxy) is 1. The maximum atomic E-state index is 12.7. The highest BCUT2D eigenvalue weighted by molar-refractivity contribution is 5.80. The van der Waals surface area contributed by atoms with Crippen LogP contribution in [0, 0.1) is 29.1 Å². The van der Waals surface area contributed by atoms with Gasteiger partial charge < -0.3 is 4.74 Å². The van der Waals surface area contributed by atoms with Crippen molar-refractivity contribution in [2.75, 3.05) is 6.61 Å². The molecule has 0 aliphatic heterocycles. The Kier molecular flexibility index (Phi) is 5.47. The molecule has 0 amide bonds. The van der Waals surface area contributed by atoms with Gasteiger partial charge in [0.1, 0.15) is 6.61 Å². The molecular weight excluding hydrogens is 344 g/mol. The smallest absolute Gasteiger partial charge is 0.310 e. The summed E-state index contributed by atoms with van der Waals surface area (Å²) in [5.74, 6) is 2.53. The number of carbonyl (C=O) groups excluding carboxylic acids is 1. The molecule has 2 nitrogen and oxygen atoms in total. The van der Waals surface area contributed by atoms with Crippen LogP contribution in [-0.2, 0) is 16.0 Å². The molecule has 0 N–H and O–H groups in total. The summed E-state index contributed by atoms with van der Waals surface area (Å²) in [4.78, 5) is 12.7. The first kappa shape index (κ1) is 20.0. The van der Waals surface area contributed by atoms with E-state index in [-0.39, 0.29) is 29.3 Å². The van der Waals surface area contributed by atoms with Crippen LogP contribution in [-0.4, -0.2) is 12.6 Å². The van der Waals surface area contributed by atoms with Crippen molar-refractivity contribution in [2.24, 2.45) is 16.7 Å². The van der Waals surface area contributed by atoms with Gasteiger partial charge in [0, 0.05) is 5.57 Å². The van der Waals surface area contributed by atoms with Crippen molar-refractivity contribution in [2.45, 2.75) is 34.1 Å². The van der Waals surface area contributed by atoms with Gasteiger partial charge in [0.25, 0.3) is 0 Å². The van der Waals surface area contributed by atoms with E-state index < -0.39 is 0 Å². The lowest BCUT2D eigenvalue weighted by atomic mass is 9.94. The van der Waals surface area contributed by atoms with Crippen LogP contribution >= 0.6 is 0 Å². The van der Waals surface area contributed by atoms with Crippen LogP contribution in [0.1, 0.15) is 38.8 Å². The predicted molar refractivity (Wildman–Crippen MR) is 114 cm³/mol. The maximum absolute atomic E-state index is 12.7. The zero-order valence-corrected chi connectivity index (χ0v) is 17.2. The number of hydrogen-bond donors (Lipinski definition) is 0. The number of hydrogen-bond acceptors (Lipinski definition) is 2. The lowest BCUT2D eigenvalue weighted by Gasteiger charge is -2.14. The second kappa shape index (κ2) is 7.68. The summed E-state index contributed by atoms with van der Waals surface area (Å²) in [5, 5.41) is 0. The van der Waals surface area contributed by atoms with Crippen molar-refractivity contribution in [3.8, 4) is 12.3 Å². The van der Waals surface area contributed by atoms with Gasteiger partial charge in [-0.05, 0) is 34.0 Å². The summed E-state index contributed by atoms with van der Waals surface area (Å²) in [6, 6.07) is 20.3. The van der Waals surface area contributed by atoms with Gasteiger partial charge in [-0.25, -0.2) is 0 Å². The minimum absolute atomic E-state index is 0.0452. The molecule has 0 saturated heterocycles. The standard InChI is InChI=1S/C26H28O2/c1-6-20(18-28-24(27)23-25(2,3)26(23,4)5)22(21-15-11-8-12-16-21)17-19-13-9-7-10-14-19/h1,7-16,23H,17-18H2,2-5H3. The second-order valence-electron chi connectivity index (χ2n) is 8.61. The first-order valence-electron chi connectivity index (χ1n) is 9.73. The second-order valence-corrected chi connectivity index (χ2v) is 8.61. The Morgan fingerprint density at radius 3 is 2.00 bits per heavy atom. The molecule has 0 atom stereocenters. The number of rotatable bonds is 6. The fourth-order valence-electron chi connectivity index (χ4n) is 4.05. The first-order valence-corrected chi connectivity index (χ1v) is 9.73. The molecular formula is C26H28O2. The minimum Gasteiger partial charge on any atom is -0.460 e. The molecule has 1 aliphatic carbocycles. The maximum Gasteiger partial charge on any atom is 0.310 e. The van der Waals surface area contributed by atoms with Gasteiger partial charge in [0.15, 0.2) is 0 Å². The van der Waals surface area contributed by atoms with Crippen LogP contribution in [0.25, 0.3) is 5.57 Å². The topological polar surface area (TPSA) is 26.3 Å². The van der Waals surface area contributed by atoms with Gasteiger partial charge in [0.2, 0.25) is 0 Å². The summed E-state index contributed by atoms with van der Waals surface area (Å²) in [7, 11) is 0. The van der Waals surface area contributed by atoms with Crippen LogP contribution in [0.5, 0.6) is 0 Å². The van der Waals surface area contributed by atoms with E-state index >= 15 is 0 Å². The van der Waals surface area contributed by atoms with Crippen molar-refractivity contribution in [1.82, 2.24) is 0 Å². The predicted octanol–water partition coefficient (Wildman–Crippen LogP) is 5.54. The van der Waals surface area contributed by atoms with Crippen LogP contribution in [0.2, 0.25) is 0 Å². The number of benzene rings is 2. The normalized spacial score (nSPS) is 18.0. The zero-order chi connectivity index (χ0) is 20.4. The third-order valence-corrected chi connectivity index (χ3v) is 6.50. The lowest BCUT2D eigenvalue weighted by Crippen LogP contribution is -2.14. The molecule has 1 saturated carbocycles. The third kappa shape index (κ3) is 3.76. The highest BCUT2D eigenvalue weighted by Gasteiger charge is 2.69. The van der Waals surface area contributed by atoms with E-state index in [9.17, 15) is 4.79 Å². The highest BCUT2D eigenvalue weighted by Crippen LogP contribution is 2.68. The van der Waals surface area contributed by atoms with E-state index in [0.29, 0.717) is 6.42 Å². The van der Waals surface area contributed by atoms with Crippen molar-refractivity contribution >= 4 is 11.5 Å². The summed E-state index contributed by atoms with van der Waals surface area (Å²) in [6.45, 7) is 8.59. The van der Waals surface area contributed by atoms with E-state index in [4.69, 9.17) is 11.2 Å². The quantitative estimate of drug-likeness (QED) is 0.491. The Hall–Kier alpha value is -2.79. The van der Waals surface area contributed by atoms with Crippen molar-refractivity contribution in [3.05, 3.63) is 77.4 Å². The van der Waals surface area contributed by atoms with Crippen molar-refractivity contribution in [3.63, 3.8) is 0 Å². The molecule has 1 aliphatic rings. The van der Waals surface area contributed by atoms with E-state index in [1.165, 1.54) is 5.56 Å². The first-order chi connectivity index (χ1) is 13.3. The number of esters is 1. The number of allylic oxidation sites excluding steroid dienone is 1. The van der Waals surface area contributed by atoms with E-state index in [2.05, 4.69) is 45.7 Å². The van der Waals surface area contributed by atoms with Gasteiger partial charge in [-0.15, -0.1) is 6.42 Å². The highest BCUT2D eigenvalue weighted by atomic mass is 16.5. The lowest BCUT2D eigenvalue weighted by molar-refractivity contribution is -0.145. The van der Waals surface area contributed by atoms with Crippen molar-refractivity contribution < 1.29 is 9.53 Å². The van der Waals surface area contributed by atoms with E-state index in [1.807, 2.05) is 48.5 Å². The largest absolute Gasteiger partial charge is 0.460 e. The molecule has 2 aromatic carbocycles. The van der Waals surface area contributed by atoms with Gasteiger partial charge in [-0.2, -0.15) is 0 Å². The van der Waals surface area contributed by atoms with Gasteiger partial charge in [-0.3, -0.25) is 4.79 Å². The van der Waals surface area contributed by atoms with E-state index in [1.54, 1.807) is 0 Å². The van der Waals surface area contributed by atoms with Crippen LogP contribution in [0.4, 0.5) is 0 Å². The molecule has 0 unspecified atom stereocenters. The summed E-state index contributed by atoms with van der Waals surface area (Å²) >= 11 is 0. The third-order valence-electron chi connectivity index (χ3n) is 6.50. The van der Waals surface area contributed by atoms with Gasteiger partial charge in [0.05, 0.1) is 5.92 Å². The van der Waals surface area contributed by atoms with Crippen LogP contribution < -0.4 is 0 Å². The molecule has 0 aromatic heterocycles. The molecule has 0 radical (unpaired) electrons. The molecule has 2 aromatic rings.